The molecule has 1 atom stereocenters. The Morgan fingerprint density at radius 2 is 1.89 bits per heavy atom. The number of H-pyrrole nitrogens is 1. The van der Waals surface area contributed by atoms with Crippen molar-refractivity contribution in [2.75, 3.05) is 0 Å². The van der Waals surface area contributed by atoms with E-state index in [0.29, 0.717) is 5.92 Å². The second kappa shape index (κ2) is 7.80. The fraction of sp³-hybridized carbons (Fsp3) is 0.261. The molecule has 0 unspecified atom stereocenters. The zero-order valence-corrected chi connectivity index (χ0v) is 16.5. The fourth-order valence-corrected chi connectivity index (χ4v) is 3.63. The van der Waals surface area contributed by atoms with Crippen LogP contribution >= 0.6 is 0 Å². The van der Waals surface area contributed by atoms with Crippen LogP contribution in [0.5, 0.6) is 0 Å². The van der Waals surface area contributed by atoms with Crippen molar-refractivity contribution in [3.63, 3.8) is 0 Å². The Hall–Kier alpha value is -3.21. The number of aromatic nitrogens is 5. The topological polar surface area (TPSA) is 59.4 Å². The highest BCUT2D eigenvalue weighted by atomic mass is 15.2. The number of hydrogen-bond donors (Lipinski definition) is 1. The Labute approximate surface area is 165 Å². The largest absolute Gasteiger partial charge is 0.321 e. The minimum absolute atomic E-state index is 0.144. The van der Waals surface area contributed by atoms with Crippen LogP contribution in [0.2, 0.25) is 0 Å². The summed E-state index contributed by atoms with van der Waals surface area (Å²) in [5.74, 6) is 0.529. The first kappa shape index (κ1) is 18.2. The van der Waals surface area contributed by atoms with E-state index < -0.39 is 0 Å². The van der Waals surface area contributed by atoms with Gasteiger partial charge in [0.25, 0.3) is 0 Å². The van der Waals surface area contributed by atoms with Crippen molar-refractivity contribution in [2.45, 2.75) is 33.2 Å². The lowest BCUT2D eigenvalue weighted by atomic mass is 9.97. The van der Waals surface area contributed by atoms with E-state index in [1.165, 1.54) is 5.56 Å². The van der Waals surface area contributed by atoms with Crippen LogP contribution in [0.1, 0.15) is 37.6 Å². The van der Waals surface area contributed by atoms with Crippen molar-refractivity contribution in [3.8, 4) is 22.6 Å². The van der Waals surface area contributed by atoms with Gasteiger partial charge in [-0.2, -0.15) is 5.10 Å². The molecule has 1 N–H and O–H groups in total. The van der Waals surface area contributed by atoms with Gasteiger partial charge in [0.1, 0.15) is 5.69 Å². The number of aromatic amines is 1. The normalized spacial score (nSPS) is 12.4. The van der Waals surface area contributed by atoms with E-state index in [9.17, 15) is 0 Å². The standard InChI is InChI=1S/C23H25N5/c1-16(2)12-21(19-10-7-11-24-14-19)28-15-25-22(18-8-5-4-6-9-18)23(28)20-13-17(3)26-27-20/h4-11,13-16,21H,12H2,1-3H3,(H,26,27)/t21-/m0/s1. The number of rotatable bonds is 6. The molecule has 3 heterocycles. The maximum absolute atomic E-state index is 4.81. The molecule has 0 radical (unpaired) electrons. The zero-order chi connectivity index (χ0) is 19.5. The molecule has 4 aromatic rings. The lowest BCUT2D eigenvalue weighted by Crippen LogP contribution is -2.14. The summed E-state index contributed by atoms with van der Waals surface area (Å²) in [6.07, 6.45) is 6.71. The SMILES string of the molecule is Cc1cc(-c2c(-c3ccccc3)ncn2[C@@H](CC(C)C)c2cccnc2)n[nH]1. The van der Waals surface area contributed by atoms with Crippen LogP contribution < -0.4 is 0 Å². The van der Waals surface area contributed by atoms with E-state index in [4.69, 9.17) is 4.98 Å². The number of hydrogen-bond acceptors (Lipinski definition) is 3. The van der Waals surface area contributed by atoms with E-state index in [-0.39, 0.29) is 6.04 Å². The van der Waals surface area contributed by atoms with Crippen LogP contribution in [-0.2, 0) is 0 Å². The van der Waals surface area contributed by atoms with Crippen molar-refractivity contribution >= 4 is 0 Å². The summed E-state index contributed by atoms with van der Waals surface area (Å²) < 4.78 is 2.26. The number of imidazole rings is 1. The van der Waals surface area contributed by atoms with Crippen LogP contribution in [-0.4, -0.2) is 24.7 Å². The van der Waals surface area contributed by atoms with Crippen molar-refractivity contribution in [3.05, 3.63) is 78.5 Å². The third kappa shape index (κ3) is 3.60. The van der Waals surface area contributed by atoms with Gasteiger partial charge in [-0.15, -0.1) is 0 Å². The molecule has 0 fully saturated rings. The Balaban J connectivity index is 1.91. The molecule has 0 aliphatic heterocycles. The van der Waals surface area contributed by atoms with E-state index in [1.807, 2.05) is 49.9 Å². The van der Waals surface area contributed by atoms with Crippen molar-refractivity contribution in [2.24, 2.45) is 5.92 Å². The molecule has 5 heteroatoms. The average Bonchev–Trinajstić information content (AvgIpc) is 3.33. The molecule has 0 spiro atoms. The summed E-state index contributed by atoms with van der Waals surface area (Å²) in [4.78, 5) is 9.17. The molecule has 0 aliphatic rings. The van der Waals surface area contributed by atoms with Gasteiger partial charge in [0, 0.05) is 23.7 Å². The van der Waals surface area contributed by atoms with Crippen LogP contribution in [0, 0.1) is 12.8 Å². The molecule has 28 heavy (non-hydrogen) atoms. The van der Waals surface area contributed by atoms with Crippen LogP contribution in [0.3, 0.4) is 0 Å². The predicted octanol–water partition coefficient (Wildman–Crippen LogP) is 5.28. The molecule has 5 nitrogen and oxygen atoms in total. The smallest absolute Gasteiger partial charge is 0.111 e. The van der Waals surface area contributed by atoms with E-state index in [1.54, 1.807) is 0 Å². The lowest BCUT2D eigenvalue weighted by molar-refractivity contribution is 0.453. The number of aryl methyl sites for hydroxylation is 1. The van der Waals surface area contributed by atoms with Crippen molar-refractivity contribution in [1.29, 1.82) is 0 Å². The summed E-state index contributed by atoms with van der Waals surface area (Å²) in [7, 11) is 0. The molecule has 0 amide bonds. The molecule has 3 aromatic heterocycles. The number of nitrogens with one attached hydrogen (secondary N) is 1. The van der Waals surface area contributed by atoms with Gasteiger partial charge in [0.2, 0.25) is 0 Å². The van der Waals surface area contributed by atoms with Gasteiger partial charge in [-0.1, -0.05) is 50.2 Å². The third-order valence-corrected chi connectivity index (χ3v) is 4.89. The first-order chi connectivity index (χ1) is 13.6. The van der Waals surface area contributed by atoms with Crippen LogP contribution in [0.4, 0.5) is 0 Å². The summed E-state index contributed by atoms with van der Waals surface area (Å²) in [6.45, 7) is 6.51. The Morgan fingerprint density at radius 1 is 1.07 bits per heavy atom. The number of pyridine rings is 1. The third-order valence-electron chi connectivity index (χ3n) is 4.89. The van der Waals surface area contributed by atoms with Gasteiger partial charge in [-0.25, -0.2) is 4.98 Å². The molecule has 0 saturated carbocycles. The Kier molecular flexibility index (Phi) is 5.06. The first-order valence-electron chi connectivity index (χ1n) is 9.68. The molecule has 0 aliphatic carbocycles. The zero-order valence-electron chi connectivity index (χ0n) is 16.5. The average molecular weight is 371 g/mol. The summed E-state index contributed by atoms with van der Waals surface area (Å²) in [6, 6.07) is 16.7. The van der Waals surface area contributed by atoms with E-state index in [2.05, 4.69) is 57.9 Å². The van der Waals surface area contributed by atoms with E-state index in [0.717, 1.165) is 34.8 Å². The highest BCUT2D eigenvalue weighted by Gasteiger charge is 2.24. The molecule has 0 saturated heterocycles. The summed E-state index contributed by atoms with van der Waals surface area (Å²) in [5, 5.41) is 7.64. The van der Waals surface area contributed by atoms with Crippen LogP contribution in [0.25, 0.3) is 22.6 Å². The Morgan fingerprint density at radius 3 is 2.54 bits per heavy atom. The molecular formula is C23H25N5. The molecular weight excluding hydrogens is 346 g/mol. The summed E-state index contributed by atoms with van der Waals surface area (Å²) in [5.41, 5.74) is 6.19. The maximum atomic E-state index is 4.81. The predicted molar refractivity (Wildman–Crippen MR) is 112 cm³/mol. The molecule has 0 bridgehead atoms. The van der Waals surface area contributed by atoms with Gasteiger partial charge < -0.3 is 4.57 Å². The summed E-state index contributed by atoms with van der Waals surface area (Å²) >= 11 is 0. The van der Waals surface area contributed by atoms with Gasteiger partial charge in [0.15, 0.2) is 0 Å². The first-order valence-corrected chi connectivity index (χ1v) is 9.68. The van der Waals surface area contributed by atoms with Crippen LogP contribution in [0.15, 0.2) is 67.3 Å². The van der Waals surface area contributed by atoms with E-state index >= 15 is 0 Å². The van der Waals surface area contributed by atoms with Crippen molar-refractivity contribution < 1.29 is 0 Å². The number of nitrogens with zero attached hydrogens (tertiary/aromatic N) is 4. The fourth-order valence-electron chi connectivity index (χ4n) is 3.63. The monoisotopic (exact) mass is 371 g/mol. The Bertz CT molecular complexity index is 1030. The minimum atomic E-state index is 0.144. The highest BCUT2D eigenvalue weighted by molar-refractivity contribution is 5.77. The second-order valence-corrected chi connectivity index (χ2v) is 7.58. The van der Waals surface area contributed by atoms with Crippen molar-refractivity contribution in [1.82, 2.24) is 24.7 Å². The van der Waals surface area contributed by atoms with Gasteiger partial charge in [-0.05, 0) is 37.0 Å². The van der Waals surface area contributed by atoms with Gasteiger partial charge >= 0.3 is 0 Å². The molecule has 1 aromatic carbocycles. The van der Waals surface area contributed by atoms with Gasteiger partial charge in [-0.3, -0.25) is 10.1 Å². The quantitative estimate of drug-likeness (QED) is 0.502. The van der Waals surface area contributed by atoms with Gasteiger partial charge in [0.05, 0.1) is 23.8 Å². The minimum Gasteiger partial charge on any atom is -0.321 e. The molecule has 142 valence electrons. The maximum Gasteiger partial charge on any atom is 0.111 e. The lowest BCUT2D eigenvalue weighted by Gasteiger charge is -2.23. The molecule has 4 rings (SSSR count). The highest BCUT2D eigenvalue weighted by Crippen LogP contribution is 2.36. The number of benzene rings is 1. The second-order valence-electron chi connectivity index (χ2n) is 7.58.